The molecule has 11 nitrogen and oxygen atoms in total. The van der Waals surface area contributed by atoms with Crippen LogP contribution in [0.15, 0.2) is 46.5 Å². The Hall–Kier alpha value is -2.56. The van der Waals surface area contributed by atoms with Crippen LogP contribution in [0.2, 0.25) is 0 Å². The Balaban J connectivity index is 2.00. The second-order valence-electron chi connectivity index (χ2n) is 9.47. The van der Waals surface area contributed by atoms with E-state index in [1.54, 1.807) is 19.9 Å². The molecule has 12 heteroatoms. The lowest BCUT2D eigenvalue weighted by Gasteiger charge is -2.39. The zero-order valence-corrected chi connectivity index (χ0v) is 22.1. The molecule has 3 rings (SSSR count). The fourth-order valence-electron chi connectivity index (χ4n) is 4.04. The minimum absolute atomic E-state index is 0.0812. The third kappa shape index (κ3) is 6.41. The van der Waals surface area contributed by atoms with Gasteiger partial charge < -0.3 is 28.6 Å². The van der Waals surface area contributed by atoms with E-state index in [4.69, 9.17) is 23.3 Å². The lowest BCUT2D eigenvalue weighted by Crippen LogP contribution is -2.34. The Kier molecular flexibility index (Phi) is 9.08. The van der Waals surface area contributed by atoms with Gasteiger partial charge in [-0.25, -0.2) is 4.79 Å². The van der Waals surface area contributed by atoms with Gasteiger partial charge in [0.05, 0.1) is 48.2 Å². The van der Waals surface area contributed by atoms with E-state index in [9.17, 15) is 19.5 Å². The maximum atomic E-state index is 14.0. The molecule has 1 saturated heterocycles. The van der Waals surface area contributed by atoms with Crippen LogP contribution in [-0.4, -0.2) is 51.2 Å². The summed E-state index contributed by atoms with van der Waals surface area (Å²) in [6.45, 7) is 8.20. The number of nitrogens with one attached hydrogen (secondary N) is 1. The van der Waals surface area contributed by atoms with E-state index in [0.29, 0.717) is 30.0 Å². The van der Waals surface area contributed by atoms with Crippen LogP contribution in [-0.2, 0) is 32.6 Å². The van der Waals surface area contributed by atoms with E-state index in [1.165, 1.54) is 25.3 Å². The minimum Gasteiger partial charge on any atom is -0.462 e. The number of allylic oxidation sites excluding steroid dienone is 3. The number of hydrogen-bond acceptors (Lipinski definition) is 10. The van der Waals surface area contributed by atoms with Crippen molar-refractivity contribution < 1.29 is 37.5 Å². The molecule has 1 atom stereocenters. The van der Waals surface area contributed by atoms with Crippen molar-refractivity contribution in [3.63, 3.8) is 0 Å². The van der Waals surface area contributed by atoms with Gasteiger partial charge in [-0.3, -0.25) is 14.7 Å². The zero-order chi connectivity index (χ0) is 26.5. The molecule has 0 spiro atoms. The molecule has 0 aliphatic carbocycles. The third-order valence-electron chi connectivity index (χ3n) is 5.77. The number of rotatable bonds is 10. The van der Waals surface area contributed by atoms with E-state index < -0.39 is 24.4 Å². The first-order valence-electron chi connectivity index (χ1n) is 11.6. The van der Waals surface area contributed by atoms with Crippen LogP contribution in [0.3, 0.4) is 0 Å². The molecule has 1 unspecified atom stereocenters. The lowest BCUT2D eigenvalue weighted by molar-refractivity contribution is -0.384. The quantitative estimate of drug-likeness (QED) is 0.115. The average Bonchev–Trinajstić information content (AvgIpc) is 2.82. The summed E-state index contributed by atoms with van der Waals surface area (Å²) in [7, 11) is -2.35. The molecule has 1 N–H and O–H groups in total. The molecule has 0 radical (unpaired) electrons. The fourth-order valence-corrected chi connectivity index (χ4v) is 6.50. The predicted octanol–water partition coefficient (Wildman–Crippen LogP) is 4.61. The molecule has 1 aromatic carbocycles. The summed E-state index contributed by atoms with van der Waals surface area (Å²) in [4.78, 5) is 24.3. The number of nitrogens with zero attached hydrogens (tertiary/aromatic N) is 1. The summed E-state index contributed by atoms with van der Waals surface area (Å²) in [5.41, 5.74) is 1.06. The Morgan fingerprint density at radius 2 is 1.92 bits per heavy atom. The number of benzene rings is 1. The van der Waals surface area contributed by atoms with E-state index >= 15 is 0 Å². The topological polar surface area (TPSA) is 135 Å². The Morgan fingerprint density at radius 1 is 1.22 bits per heavy atom. The number of hydrogen-bond donors (Lipinski definition) is 1. The van der Waals surface area contributed by atoms with Gasteiger partial charge in [0.15, 0.2) is 0 Å². The van der Waals surface area contributed by atoms with Crippen molar-refractivity contribution in [2.24, 2.45) is 5.41 Å². The van der Waals surface area contributed by atoms with E-state index in [2.05, 4.69) is 5.32 Å². The van der Waals surface area contributed by atoms with Gasteiger partial charge in [-0.1, -0.05) is 26.0 Å². The first-order valence-corrected chi connectivity index (χ1v) is 13.1. The third-order valence-corrected chi connectivity index (χ3v) is 7.89. The zero-order valence-electron chi connectivity index (χ0n) is 21.2. The maximum Gasteiger partial charge on any atom is 0.360 e. The highest BCUT2D eigenvalue weighted by atomic mass is 31.2. The van der Waals surface area contributed by atoms with Crippen molar-refractivity contribution in [1.29, 1.82) is 0 Å². The van der Waals surface area contributed by atoms with E-state index in [1.807, 2.05) is 13.8 Å². The second kappa shape index (κ2) is 11.7. The smallest absolute Gasteiger partial charge is 0.360 e. The number of carbonyl (C=O) groups excluding carboxylic acids is 1. The normalized spacial score (nSPS) is 21.2. The van der Waals surface area contributed by atoms with Gasteiger partial charge in [0.25, 0.3) is 5.69 Å². The molecule has 1 aromatic rings. The minimum atomic E-state index is -3.86. The highest BCUT2D eigenvalue weighted by Gasteiger charge is 2.48. The lowest BCUT2D eigenvalue weighted by atomic mass is 9.86. The highest BCUT2D eigenvalue weighted by Crippen LogP contribution is 2.66. The number of carbonyl (C=O) groups is 1. The first kappa shape index (κ1) is 28.0. The van der Waals surface area contributed by atoms with E-state index in [0.717, 1.165) is 0 Å². The molecule has 2 aliphatic heterocycles. The SMILES string of the molecule is COCOCCCOC(=O)C1=C(C)NC(C)=C(P2(=O)OCC(C)(C)CO2)C1c1cccc([N+](=O)[O-])c1. The molecule has 2 heterocycles. The number of ether oxygens (including phenoxy) is 3. The van der Waals surface area contributed by atoms with Crippen molar-refractivity contribution in [2.75, 3.05) is 40.3 Å². The van der Waals surface area contributed by atoms with Crippen molar-refractivity contribution in [3.05, 3.63) is 62.2 Å². The number of esters is 1. The molecule has 1 fully saturated rings. The van der Waals surface area contributed by atoms with Crippen LogP contribution < -0.4 is 5.32 Å². The molecule has 36 heavy (non-hydrogen) atoms. The van der Waals surface area contributed by atoms with Gasteiger partial charge >= 0.3 is 13.6 Å². The molecule has 2 aliphatic rings. The summed E-state index contributed by atoms with van der Waals surface area (Å²) < 4.78 is 41.2. The van der Waals surface area contributed by atoms with Gasteiger partial charge in [-0.05, 0) is 19.4 Å². The predicted molar refractivity (Wildman–Crippen MR) is 131 cm³/mol. The van der Waals surface area contributed by atoms with Crippen LogP contribution in [0.5, 0.6) is 0 Å². The van der Waals surface area contributed by atoms with Crippen molar-refractivity contribution >= 4 is 19.3 Å². The van der Waals surface area contributed by atoms with Crippen molar-refractivity contribution in [2.45, 2.75) is 40.0 Å². The number of dihydropyridines is 1. The average molecular weight is 525 g/mol. The van der Waals surface area contributed by atoms with Crippen LogP contribution in [0.25, 0.3) is 0 Å². The van der Waals surface area contributed by atoms with Gasteiger partial charge in [-0.2, -0.15) is 0 Å². The second-order valence-corrected chi connectivity index (χ2v) is 11.5. The standard InChI is InChI=1S/C24H33N2O9P/c1-16-20(23(27)33-11-7-10-32-15-31-5)21(18-8-6-9-19(12-18)26(28)29)22(17(2)25-16)36(30)34-13-24(3,4)14-35-36/h6,8-9,12,21,25H,7,10-11,13-15H2,1-5H3. The highest BCUT2D eigenvalue weighted by molar-refractivity contribution is 7.58. The summed E-state index contributed by atoms with van der Waals surface area (Å²) in [5.74, 6) is -1.58. The fraction of sp³-hybridized carbons (Fsp3) is 0.542. The van der Waals surface area contributed by atoms with Crippen molar-refractivity contribution in [1.82, 2.24) is 5.32 Å². The van der Waals surface area contributed by atoms with Gasteiger partial charge in [-0.15, -0.1) is 0 Å². The van der Waals surface area contributed by atoms with E-state index in [-0.39, 0.29) is 48.6 Å². The van der Waals surface area contributed by atoms with Gasteiger partial charge in [0.2, 0.25) is 0 Å². The Bertz CT molecular complexity index is 1100. The summed E-state index contributed by atoms with van der Waals surface area (Å²) >= 11 is 0. The summed E-state index contributed by atoms with van der Waals surface area (Å²) in [6, 6.07) is 5.89. The molecular formula is C24H33N2O9P. The summed E-state index contributed by atoms with van der Waals surface area (Å²) in [5, 5.41) is 14.8. The number of nitro benzene ring substituents is 1. The maximum absolute atomic E-state index is 14.0. The largest absolute Gasteiger partial charge is 0.462 e. The summed E-state index contributed by atoms with van der Waals surface area (Å²) in [6.07, 6.45) is 0.442. The molecule has 0 aromatic heterocycles. The number of methoxy groups -OCH3 is 1. The van der Waals surface area contributed by atoms with Gasteiger partial charge in [0, 0.05) is 42.5 Å². The molecule has 0 saturated carbocycles. The van der Waals surface area contributed by atoms with Crippen LogP contribution >= 0.6 is 7.60 Å². The number of nitro groups is 1. The van der Waals surface area contributed by atoms with Crippen LogP contribution in [0.4, 0.5) is 5.69 Å². The number of non-ortho nitro benzene ring substituents is 1. The van der Waals surface area contributed by atoms with Crippen molar-refractivity contribution in [3.8, 4) is 0 Å². The van der Waals surface area contributed by atoms with Crippen LogP contribution in [0, 0.1) is 15.5 Å². The first-order chi connectivity index (χ1) is 17.0. The monoisotopic (exact) mass is 524 g/mol. The molecule has 0 bridgehead atoms. The molecule has 0 amide bonds. The molecular weight excluding hydrogens is 491 g/mol. The molecule has 198 valence electrons. The van der Waals surface area contributed by atoms with Gasteiger partial charge in [0.1, 0.15) is 6.79 Å². The Morgan fingerprint density at radius 3 is 2.56 bits per heavy atom. The Labute approximate surface area is 210 Å². The van der Waals surface area contributed by atoms with Crippen LogP contribution in [0.1, 0.15) is 45.6 Å².